The summed E-state index contributed by atoms with van der Waals surface area (Å²) in [5.41, 5.74) is 8.06. The fourth-order valence-corrected chi connectivity index (χ4v) is 5.75. The number of nitrogens with one attached hydrogen (secondary N) is 2. The maximum absolute atomic E-state index is 13.2. The number of rotatable bonds is 6. The van der Waals surface area contributed by atoms with Gasteiger partial charge in [0.2, 0.25) is 0 Å². The van der Waals surface area contributed by atoms with E-state index in [-0.39, 0.29) is 17.7 Å². The third-order valence-electron chi connectivity index (χ3n) is 7.99. The number of piperazine rings is 1. The second kappa shape index (κ2) is 8.74. The van der Waals surface area contributed by atoms with Crippen LogP contribution in [0.2, 0.25) is 0 Å². The van der Waals surface area contributed by atoms with Gasteiger partial charge in [-0.25, -0.2) is 24.2 Å². The number of hydrogen-bond donors (Lipinski definition) is 2. The largest absolute Gasteiger partial charge is 0.372 e. The van der Waals surface area contributed by atoms with Crippen LogP contribution < -0.4 is 15.8 Å². The number of hydrogen-bond acceptors (Lipinski definition) is 7. The molecule has 2 aliphatic heterocycles. The van der Waals surface area contributed by atoms with Crippen molar-refractivity contribution in [2.45, 2.75) is 95.2 Å². The first-order chi connectivity index (χ1) is 15.3. The van der Waals surface area contributed by atoms with Crippen molar-refractivity contribution in [1.82, 2.24) is 25.7 Å². The van der Waals surface area contributed by atoms with Crippen LogP contribution in [0.1, 0.15) is 64.6 Å². The van der Waals surface area contributed by atoms with Gasteiger partial charge >= 0.3 is 0 Å². The summed E-state index contributed by atoms with van der Waals surface area (Å²) in [6.45, 7) is 7.83. The van der Waals surface area contributed by atoms with E-state index in [1.807, 2.05) is 11.8 Å². The van der Waals surface area contributed by atoms with E-state index in [0.29, 0.717) is 37.7 Å². The predicted octanol–water partition coefficient (Wildman–Crippen LogP) is 2.90. The molecule has 9 heteroatoms. The van der Waals surface area contributed by atoms with Crippen LogP contribution in [0.4, 0.5) is 14.6 Å². The topological polar surface area (TPSA) is 65.5 Å². The van der Waals surface area contributed by atoms with Crippen LogP contribution in [-0.2, 0) is 4.74 Å². The van der Waals surface area contributed by atoms with Crippen LogP contribution in [0.25, 0.3) is 0 Å². The number of alkyl halides is 2. The number of aromatic nitrogens is 2. The minimum Gasteiger partial charge on any atom is -0.372 e. The van der Waals surface area contributed by atoms with Crippen LogP contribution in [0.15, 0.2) is 12.4 Å². The summed E-state index contributed by atoms with van der Waals surface area (Å²) in [5.74, 6) is 1.31. The molecule has 4 aliphatic rings. The molecule has 0 aromatic carbocycles. The van der Waals surface area contributed by atoms with Crippen molar-refractivity contribution in [2.24, 2.45) is 5.92 Å². The molecule has 2 saturated carbocycles. The van der Waals surface area contributed by atoms with Gasteiger partial charge in [-0.1, -0.05) is 0 Å². The average molecular weight is 451 g/mol. The molecule has 0 amide bonds. The molecule has 2 aliphatic carbocycles. The summed E-state index contributed by atoms with van der Waals surface area (Å²) in [6.07, 6.45) is 5.23. The van der Waals surface area contributed by atoms with Crippen molar-refractivity contribution in [1.29, 1.82) is 0 Å². The Morgan fingerprint density at radius 1 is 1.19 bits per heavy atom. The van der Waals surface area contributed by atoms with E-state index in [2.05, 4.69) is 38.7 Å². The Morgan fingerprint density at radius 2 is 2.00 bits per heavy atom. The summed E-state index contributed by atoms with van der Waals surface area (Å²) in [7, 11) is 0. The van der Waals surface area contributed by atoms with Crippen molar-refractivity contribution in [3.8, 4) is 0 Å². The van der Waals surface area contributed by atoms with E-state index in [1.165, 1.54) is 12.8 Å². The molecule has 2 N–H and O–H groups in total. The van der Waals surface area contributed by atoms with E-state index >= 15 is 0 Å². The van der Waals surface area contributed by atoms with Gasteiger partial charge in [0.15, 0.2) is 0 Å². The first-order valence-corrected chi connectivity index (χ1v) is 12.1. The Kier molecular flexibility index (Phi) is 6.11. The zero-order valence-corrected chi connectivity index (χ0v) is 19.3. The Morgan fingerprint density at radius 3 is 2.72 bits per heavy atom. The first kappa shape index (κ1) is 22.4. The molecule has 0 spiro atoms. The fourth-order valence-electron chi connectivity index (χ4n) is 5.75. The molecule has 0 radical (unpaired) electrons. The average Bonchev–Trinajstić information content (AvgIpc) is 3.35. The zero-order valence-electron chi connectivity index (χ0n) is 19.3. The summed E-state index contributed by atoms with van der Waals surface area (Å²) in [4.78, 5) is 13.2. The first-order valence-electron chi connectivity index (χ1n) is 12.1. The third kappa shape index (κ3) is 4.49. The number of hydrazine groups is 1. The molecule has 7 nitrogen and oxygen atoms in total. The minimum absolute atomic E-state index is 0.0434. The monoisotopic (exact) mass is 450 g/mol. The van der Waals surface area contributed by atoms with Gasteiger partial charge in [-0.2, -0.15) is 0 Å². The van der Waals surface area contributed by atoms with Crippen molar-refractivity contribution in [2.75, 3.05) is 24.5 Å². The van der Waals surface area contributed by atoms with Gasteiger partial charge in [0.25, 0.3) is 6.43 Å². The van der Waals surface area contributed by atoms with E-state index in [9.17, 15) is 8.78 Å². The molecule has 4 fully saturated rings. The number of nitrogens with zero attached hydrogens (tertiary/aromatic N) is 4. The number of ether oxygens (including phenoxy) is 1. The third-order valence-corrected chi connectivity index (χ3v) is 7.99. The summed E-state index contributed by atoms with van der Waals surface area (Å²) < 4.78 is 32.8. The van der Waals surface area contributed by atoms with Gasteiger partial charge in [-0.15, -0.1) is 0 Å². The lowest BCUT2D eigenvalue weighted by Gasteiger charge is -2.43. The molecule has 5 rings (SSSR count). The van der Waals surface area contributed by atoms with Gasteiger partial charge in [-0.3, -0.25) is 10.3 Å². The summed E-state index contributed by atoms with van der Waals surface area (Å²) >= 11 is 0. The second-order valence-electron chi connectivity index (χ2n) is 10.4. The van der Waals surface area contributed by atoms with Crippen LogP contribution in [0, 0.1) is 5.92 Å². The maximum atomic E-state index is 13.2. The van der Waals surface area contributed by atoms with E-state index in [0.717, 1.165) is 30.8 Å². The summed E-state index contributed by atoms with van der Waals surface area (Å²) in [6, 6.07) is 1.95. The highest BCUT2D eigenvalue weighted by Crippen LogP contribution is 2.45. The molecule has 6 atom stereocenters. The van der Waals surface area contributed by atoms with Crippen molar-refractivity contribution < 1.29 is 13.5 Å². The molecule has 1 aromatic rings. The molecule has 5 unspecified atom stereocenters. The number of anilines is 1. The number of fused-ring (bicyclic) bond motifs is 1. The molecular weight excluding hydrogens is 414 g/mol. The fraction of sp³-hybridized carbons (Fsp3) is 0.826. The van der Waals surface area contributed by atoms with Crippen LogP contribution in [-0.4, -0.2) is 70.8 Å². The Bertz CT molecular complexity index is 808. The van der Waals surface area contributed by atoms with Crippen molar-refractivity contribution >= 4 is 5.82 Å². The lowest BCUT2D eigenvalue weighted by Crippen LogP contribution is -2.56. The highest BCUT2D eigenvalue weighted by molar-refractivity contribution is 5.41. The Hall–Kier alpha value is -1.42. The van der Waals surface area contributed by atoms with Gasteiger partial charge in [-0.05, 0) is 52.9 Å². The standard InChI is InChI=1S/C23H36F2N6O/c1-14-12-30(8-9-31(14)15(2)22(24)25)20-11-19(26-13-27-20)21-17-10-16(32-23(3)6-7-23)4-5-18(17)28-29-21/h11,13-18,21-22,28-29H,4-10,12H2,1-3H3/t14-,15?,16?,17?,18?,21?/m1/s1. The van der Waals surface area contributed by atoms with Gasteiger partial charge in [0, 0.05) is 43.7 Å². The Labute approximate surface area is 189 Å². The quantitative estimate of drug-likeness (QED) is 0.691. The SMILES string of the molecule is CC(C(F)F)N1CCN(c2cc(C3NNC4CCC(OC5(C)CC5)CC43)ncn2)C[C@H]1C. The van der Waals surface area contributed by atoms with E-state index in [4.69, 9.17) is 4.74 Å². The Balaban J connectivity index is 1.26. The smallest absolute Gasteiger partial charge is 0.253 e. The second-order valence-corrected chi connectivity index (χ2v) is 10.4. The highest BCUT2D eigenvalue weighted by Gasteiger charge is 2.46. The van der Waals surface area contributed by atoms with Gasteiger partial charge in [0.05, 0.1) is 29.5 Å². The highest BCUT2D eigenvalue weighted by atomic mass is 19.3. The molecule has 178 valence electrons. The predicted molar refractivity (Wildman–Crippen MR) is 119 cm³/mol. The van der Waals surface area contributed by atoms with Crippen molar-refractivity contribution in [3.05, 3.63) is 18.1 Å². The lowest BCUT2D eigenvalue weighted by atomic mass is 9.79. The molecule has 3 heterocycles. The van der Waals surface area contributed by atoms with Gasteiger partial charge in [0.1, 0.15) is 12.1 Å². The van der Waals surface area contributed by atoms with Gasteiger partial charge < -0.3 is 9.64 Å². The number of halogens is 2. The van der Waals surface area contributed by atoms with Crippen LogP contribution in [0.5, 0.6) is 0 Å². The maximum Gasteiger partial charge on any atom is 0.253 e. The zero-order chi connectivity index (χ0) is 22.5. The minimum atomic E-state index is -2.32. The summed E-state index contributed by atoms with van der Waals surface area (Å²) in [5, 5.41) is 0. The molecule has 2 saturated heterocycles. The normalized spacial score (nSPS) is 35.7. The molecule has 1 aromatic heterocycles. The lowest BCUT2D eigenvalue weighted by molar-refractivity contribution is -0.0500. The molecular formula is C23H36F2N6O. The van der Waals surface area contributed by atoms with E-state index < -0.39 is 12.5 Å². The van der Waals surface area contributed by atoms with E-state index in [1.54, 1.807) is 13.3 Å². The molecule has 0 bridgehead atoms. The van der Waals surface area contributed by atoms with Crippen LogP contribution in [0.3, 0.4) is 0 Å². The van der Waals surface area contributed by atoms with Crippen molar-refractivity contribution in [3.63, 3.8) is 0 Å². The van der Waals surface area contributed by atoms with Crippen LogP contribution >= 0.6 is 0 Å². The molecule has 32 heavy (non-hydrogen) atoms.